The molecule has 0 bridgehead atoms. The minimum absolute atomic E-state index is 0.162. The summed E-state index contributed by atoms with van der Waals surface area (Å²) in [4.78, 5) is 35.7. The van der Waals surface area contributed by atoms with E-state index in [1.807, 2.05) is 13.8 Å². The van der Waals surface area contributed by atoms with Gasteiger partial charge in [0.1, 0.15) is 5.82 Å². The molecule has 1 N–H and O–H groups in total. The summed E-state index contributed by atoms with van der Waals surface area (Å²) in [7, 11) is 2.94. The lowest BCUT2D eigenvalue weighted by atomic mass is 10.2. The van der Waals surface area contributed by atoms with E-state index in [1.165, 1.54) is 30.0 Å². The first-order chi connectivity index (χ1) is 11.3. The first kappa shape index (κ1) is 17.5. The molecule has 0 radical (unpaired) electrons. The molecule has 0 aliphatic heterocycles. The number of aromatic nitrogens is 4. The van der Waals surface area contributed by atoms with Crippen LogP contribution in [0.5, 0.6) is 0 Å². The van der Waals surface area contributed by atoms with Crippen molar-refractivity contribution >= 4 is 17.8 Å². The normalized spacial score (nSPS) is 12.5. The molecule has 0 fully saturated rings. The van der Waals surface area contributed by atoms with Gasteiger partial charge in [-0.15, -0.1) is 0 Å². The Morgan fingerprint density at radius 3 is 2.75 bits per heavy atom. The van der Waals surface area contributed by atoms with Crippen molar-refractivity contribution in [3.05, 3.63) is 50.9 Å². The highest BCUT2D eigenvalue weighted by molar-refractivity contribution is 6.01. The highest BCUT2D eigenvalue weighted by atomic mass is 16.2. The van der Waals surface area contributed by atoms with E-state index in [9.17, 15) is 14.4 Å². The smallest absolute Gasteiger partial charge is 0.307 e. The molecule has 0 aromatic carbocycles. The summed E-state index contributed by atoms with van der Waals surface area (Å²) in [5, 5.41) is 6.93. The molecule has 2 rings (SSSR count). The Balaban J connectivity index is 2.20. The Morgan fingerprint density at radius 2 is 2.08 bits per heavy atom. The first-order valence-corrected chi connectivity index (χ1v) is 7.64. The van der Waals surface area contributed by atoms with Gasteiger partial charge in [-0.25, -0.2) is 9.48 Å². The van der Waals surface area contributed by atoms with Crippen molar-refractivity contribution in [2.24, 2.45) is 14.1 Å². The van der Waals surface area contributed by atoms with Gasteiger partial charge in [-0.2, -0.15) is 5.10 Å². The lowest BCUT2D eigenvalue weighted by Gasteiger charge is -2.13. The minimum atomic E-state index is -0.452. The lowest BCUT2D eigenvalue weighted by molar-refractivity contribution is -0.111. The number of carbonyl (C=O) groups excluding carboxylic acids is 1. The van der Waals surface area contributed by atoms with Crippen LogP contribution in [0.25, 0.3) is 6.08 Å². The van der Waals surface area contributed by atoms with Gasteiger partial charge in [0.15, 0.2) is 0 Å². The second kappa shape index (κ2) is 7.12. The van der Waals surface area contributed by atoms with E-state index in [-0.39, 0.29) is 17.5 Å². The summed E-state index contributed by atoms with van der Waals surface area (Å²) < 4.78 is 4.02. The van der Waals surface area contributed by atoms with Gasteiger partial charge >= 0.3 is 5.69 Å². The average molecular weight is 331 g/mol. The molecule has 0 spiro atoms. The number of hydrogen-bond donors (Lipinski definition) is 1. The molecule has 24 heavy (non-hydrogen) atoms. The van der Waals surface area contributed by atoms with Gasteiger partial charge in [-0.3, -0.25) is 14.2 Å². The molecule has 2 aromatic heterocycles. The van der Waals surface area contributed by atoms with Crippen LogP contribution in [0.1, 0.15) is 31.9 Å². The van der Waals surface area contributed by atoms with Crippen molar-refractivity contribution < 1.29 is 4.79 Å². The summed E-state index contributed by atoms with van der Waals surface area (Å²) >= 11 is 0. The van der Waals surface area contributed by atoms with Gasteiger partial charge in [0.05, 0.1) is 17.8 Å². The van der Waals surface area contributed by atoms with Gasteiger partial charge in [0.2, 0.25) is 5.91 Å². The number of anilines is 1. The second-order valence-corrected chi connectivity index (χ2v) is 5.58. The van der Waals surface area contributed by atoms with E-state index in [0.29, 0.717) is 5.82 Å². The molecule has 1 unspecified atom stereocenters. The molecule has 0 saturated carbocycles. The van der Waals surface area contributed by atoms with Crippen molar-refractivity contribution in [3.8, 4) is 0 Å². The molecule has 2 aromatic rings. The summed E-state index contributed by atoms with van der Waals surface area (Å²) in [5.41, 5.74) is -0.615. The number of nitrogens with zero attached hydrogens (tertiary/aromatic N) is 4. The third kappa shape index (κ3) is 3.53. The molecule has 2 heterocycles. The third-order valence-electron chi connectivity index (χ3n) is 3.82. The number of rotatable bonds is 5. The topological polar surface area (TPSA) is 90.9 Å². The van der Waals surface area contributed by atoms with E-state index >= 15 is 0 Å². The van der Waals surface area contributed by atoms with Crippen LogP contribution in [0.15, 0.2) is 34.1 Å². The summed E-state index contributed by atoms with van der Waals surface area (Å²) in [6.45, 7) is 4.04. The summed E-state index contributed by atoms with van der Waals surface area (Å²) in [5.74, 6) is 0.211. The van der Waals surface area contributed by atoms with Crippen molar-refractivity contribution in [2.45, 2.75) is 26.3 Å². The molecule has 8 heteroatoms. The number of nitrogens with one attached hydrogen (secondary N) is 1. The fourth-order valence-corrected chi connectivity index (χ4v) is 2.22. The van der Waals surface area contributed by atoms with Gasteiger partial charge in [-0.1, -0.05) is 6.92 Å². The standard InChI is InChI=1S/C16H21N5O3/c1-5-11(2)21-13(8-9-17-21)18-14(22)7-6-12-10-19(3)16(24)20(4)15(12)23/h6-11H,5H2,1-4H3,(H,18,22)/b7-6+. The zero-order valence-corrected chi connectivity index (χ0v) is 14.2. The van der Waals surface area contributed by atoms with Crippen LogP contribution >= 0.6 is 0 Å². The Kier molecular flexibility index (Phi) is 5.18. The Morgan fingerprint density at radius 1 is 1.38 bits per heavy atom. The van der Waals surface area contributed by atoms with Gasteiger partial charge < -0.3 is 9.88 Å². The maximum Gasteiger partial charge on any atom is 0.330 e. The molecule has 8 nitrogen and oxygen atoms in total. The maximum absolute atomic E-state index is 12.1. The molecule has 0 aliphatic rings. The van der Waals surface area contributed by atoms with Crippen LogP contribution in [0, 0.1) is 0 Å². The van der Waals surface area contributed by atoms with E-state index < -0.39 is 11.2 Å². The van der Waals surface area contributed by atoms with Gasteiger partial charge in [0, 0.05) is 32.4 Å². The van der Waals surface area contributed by atoms with E-state index in [1.54, 1.807) is 24.0 Å². The average Bonchev–Trinajstić information content (AvgIpc) is 3.02. The third-order valence-corrected chi connectivity index (χ3v) is 3.82. The molecule has 1 amide bonds. The van der Waals surface area contributed by atoms with Crippen LogP contribution < -0.4 is 16.6 Å². The minimum Gasteiger partial charge on any atom is -0.307 e. The molecule has 0 aliphatic carbocycles. The second-order valence-electron chi connectivity index (χ2n) is 5.58. The molecule has 128 valence electrons. The predicted molar refractivity (Wildman–Crippen MR) is 91.8 cm³/mol. The highest BCUT2D eigenvalue weighted by Crippen LogP contribution is 2.16. The number of carbonyl (C=O) groups is 1. The summed E-state index contributed by atoms with van der Waals surface area (Å²) in [6.07, 6.45) is 6.55. The van der Waals surface area contributed by atoms with Crippen molar-refractivity contribution in [1.82, 2.24) is 18.9 Å². The highest BCUT2D eigenvalue weighted by Gasteiger charge is 2.10. The summed E-state index contributed by atoms with van der Waals surface area (Å²) in [6, 6.07) is 1.87. The first-order valence-electron chi connectivity index (χ1n) is 7.64. The van der Waals surface area contributed by atoms with Crippen LogP contribution in [-0.4, -0.2) is 24.8 Å². The Bertz CT molecular complexity index is 888. The quantitative estimate of drug-likeness (QED) is 0.824. The molecule has 0 saturated heterocycles. The largest absolute Gasteiger partial charge is 0.330 e. The van der Waals surface area contributed by atoms with Crippen molar-refractivity contribution in [3.63, 3.8) is 0 Å². The van der Waals surface area contributed by atoms with Crippen LogP contribution in [0.3, 0.4) is 0 Å². The van der Waals surface area contributed by atoms with E-state index in [0.717, 1.165) is 11.0 Å². The van der Waals surface area contributed by atoms with Crippen molar-refractivity contribution in [1.29, 1.82) is 0 Å². The fraction of sp³-hybridized carbons (Fsp3) is 0.375. The fourth-order valence-electron chi connectivity index (χ4n) is 2.22. The van der Waals surface area contributed by atoms with Crippen molar-refractivity contribution in [2.75, 3.05) is 5.32 Å². The van der Waals surface area contributed by atoms with Gasteiger partial charge in [0.25, 0.3) is 5.56 Å². The molecule has 1 atom stereocenters. The van der Waals surface area contributed by atoms with E-state index in [4.69, 9.17) is 0 Å². The zero-order valence-electron chi connectivity index (χ0n) is 14.2. The van der Waals surface area contributed by atoms with Crippen LogP contribution in [0.2, 0.25) is 0 Å². The van der Waals surface area contributed by atoms with E-state index in [2.05, 4.69) is 10.4 Å². The lowest BCUT2D eigenvalue weighted by Crippen LogP contribution is -2.37. The molecular formula is C16H21N5O3. The Labute approximate surface area is 139 Å². The monoisotopic (exact) mass is 331 g/mol. The predicted octanol–water partition coefficient (Wildman–Crippen LogP) is 0.903. The van der Waals surface area contributed by atoms with Gasteiger partial charge in [-0.05, 0) is 19.4 Å². The number of aryl methyl sites for hydroxylation is 1. The molecular weight excluding hydrogens is 310 g/mol. The number of hydrogen-bond acceptors (Lipinski definition) is 4. The Hall–Kier alpha value is -2.90. The number of amides is 1. The van der Waals surface area contributed by atoms with Crippen LogP contribution in [-0.2, 0) is 18.9 Å². The maximum atomic E-state index is 12.1. The zero-order chi connectivity index (χ0) is 17.9. The SMILES string of the molecule is CCC(C)n1nccc1NC(=O)/C=C/c1cn(C)c(=O)n(C)c1=O. The van der Waals surface area contributed by atoms with Crippen LogP contribution in [0.4, 0.5) is 5.82 Å².